The molecule has 1 heterocycles. The normalized spacial score (nSPS) is 28.2. The predicted octanol–water partition coefficient (Wildman–Crippen LogP) is 1.52. The first-order valence-electron chi connectivity index (χ1n) is 5.08. The molecule has 2 heteroatoms. The van der Waals surface area contributed by atoms with Crippen molar-refractivity contribution >= 4 is 0 Å². The maximum absolute atomic E-state index is 10.4. The zero-order valence-corrected chi connectivity index (χ0v) is 8.83. The third-order valence-corrected chi connectivity index (χ3v) is 3.03. The third kappa shape index (κ3) is 1.68. The molecule has 1 N–H and O–H groups in total. The summed E-state index contributed by atoms with van der Waals surface area (Å²) in [6.07, 6.45) is 0.840. The first-order valence-corrected chi connectivity index (χ1v) is 5.08. The fourth-order valence-corrected chi connectivity index (χ4v) is 2.08. The van der Waals surface area contributed by atoms with Gasteiger partial charge in [0.15, 0.2) is 0 Å². The molecule has 2 nitrogen and oxygen atoms in total. The van der Waals surface area contributed by atoms with E-state index in [9.17, 15) is 5.11 Å². The zero-order chi connectivity index (χ0) is 10.2. The summed E-state index contributed by atoms with van der Waals surface area (Å²) in [5, 5.41) is 10.4. The fraction of sp³-hybridized carbons (Fsp3) is 0.500. The molecule has 1 aliphatic heterocycles. The molecule has 0 spiro atoms. The van der Waals surface area contributed by atoms with Gasteiger partial charge in [-0.1, -0.05) is 29.8 Å². The summed E-state index contributed by atoms with van der Waals surface area (Å²) in [6, 6.07) is 8.19. The molecule has 1 saturated heterocycles. The molecule has 1 unspecified atom stereocenters. The molecule has 1 aromatic carbocycles. The number of aliphatic hydroxyl groups is 1. The SMILES string of the molecule is Cc1ccc(C2(O)CCN(C)C2)cc1. The van der Waals surface area contributed by atoms with Crippen LogP contribution in [-0.4, -0.2) is 30.1 Å². The van der Waals surface area contributed by atoms with Crippen molar-refractivity contribution in [2.45, 2.75) is 18.9 Å². The molecule has 1 atom stereocenters. The summed E-state index contributed by atoms with van der Waals surface area (Å²) >= 11 is 0. The van der Waals surface area contributed by atoms with Crippen LogP contribution in [0.1, 0.15) is 17.5 Å². The first kappa shape index (κ1) is 9.69. The van der Waals surface area contributed by atoms with E-state index < -0.39 is 5.60 Å². The monoisotopic (exact) mass is 191 g/mol. The standard InChI is InChI=1S/C12H17NO/c1-10-3-5-11(6-4-10)12(14)7-8-13(2)9-12/h3-6,14H,7-9H2,1-2H3. The second-order valence-electron chi connectivity index (χ2n) is 4.39. The van der Waals surface area contributed by atoms with Gasteiger partial charge in [-0.15, -0.1) is 0 Å². The lowest BCUT2D eigenvalue weighted by molar-refractivity contribution is 0.0489. The number of aryl methyl sites for hydroxylation is 1. The Morgan fingerprint density at radius 2 is 1.93 bits per heavy atom. The van der Waals surface area contributed by atoms with E-state index in [0.29, 0.717) is 0 Å². The second kappa shape index (κ2) is 3.37. The number of hydrogen-bond donors (Lipinski definition) is 1. The molecule has 1 fully saturated rings. The maximum Gasteiger partial charge on any atom is 0.103 e. The molecule has 2 rings (SSSR count). The van der Waals surface area contributed by atoms with Crippen LogP contribution in [0, 0.1) is 6.92 Å². The Kier molecular flexibility index (Phi) is 2.33. The Morgan fingerprint density at radius 1 is 1.29 bits per heavy atom. The molecule has 0 amide bonds. The van der Waals surface area contributed by atoms with Gasteiger partial charge in [0, 0.05) is 13.1 Å². The van der Waals surface area contributed by atoms with Crippen LogP contribution in [-0.2, 0) is 5.60 Å². The molecule has 0 radical (unpaired) electrons. The molecule has 0 aliphatic carbocycles. The Morgan fingerprint density at radius 3 is 2.43 bits per heavy atom. The van der Waals surface area contributed by atoms with Crippen LogP contribution < -0.4 is 0 Å². The highest BCUT2D eigenvalue weighted by Crippen LogP contribution is 2.30. The molecule has 0 saturated carbocycles. The summed E-state index contributed by atoms with van der Waals surface area (Å²) < 4.78 is 0. The molecule has 1 aliphatic rings. The fourth-order valence-electron chi connectivity index (χ4n) is 2.08. The predicted molar refractivity (Wildman–Crippen MR) is 57.2 cm³/mol. The largest absolute Gasteiger partial charge is 0.384 e. The van der Waals surface area contributed by atoms with E-state index in [-0.39, 0.29) is 0 Å². The second-order valence-corrected chi connectivity index (χ2v) is 4.39. The van der Waals surface area contributed by atoms with E-state index >= 15 is 0 Å². The Bertz CT molecular complexity index is 320. The zero-order valence-electron chi connectivity index (χ0n) is 8.83. The Balaban J connectivity index is 2.26. The molecule has 76 valence electrons. The van der Waals surface area contributed by atoms with Crippen LogP contribution >= 0.6 is 0 Å². The van der Waals surface area contributed by atoms with Gasteiger partial charge in [-0.2, -0.15) is 0 Å². The summed E-state index contributed by atoms with van der Waals surface area (Å²) in [7, 11) is 2.05. The topological polar surface area (TPSA) is 23.5 Å². The van der Waals surface area contributed by atoms with Gasteiger partial charge in [-0.05, 0) is 26.0 Å². The minimum absolute atomic E-state index is 0.623. The van der Waals surface area contributed by atoms with E-state index in [0.717, 1.165) is 25.1 Å². The van der Waals surface area contributed by atoms with Crippen LogP contribution in [0.25, 0.3) is 0 Å². The number of benzene rings is 1. The molecular weight excluding hydrogens is 174 g/mol. The van der Waals surface area contributed by atoms with Crippen molar-refractivity contribution in [3.63, 3.8) is 0 Å². The quantitative estimate of drug-likeness (QED) is 0.727. The molecular formula is C12H17NO. The lowest BCUT2D eigenvalue weighted by atomic mass is 9.92. The number of likely N-dealkylation sites (tertiary alicyclic amines) is 1. The highest BCUT2D eigenvalue weighted by Gasteiger charge is 2.35. The van der Waals surface area contributed by atoms with Gasteiger partial charge in [0.05, 0.1) is 0 Å². The minimum Gasteiger partial charge on any atom is -0.384 e. The van der Waals surface area contributed by atoms with Crippen molar-refractivity contribution in [3.8, 4) is 0 Å². The van der Waals surface area contributed by atoms with Crippen LogP contribution in [0.4, 0.5) is 0 Å². The summed E-state index contributed by atoms with van der Waals surface area (Å²) in [5.74, 6) is 0. The van der Waals surface area contributed by atoms with Gasteiger partial charge in [0.1, 0.15) is 5.60 Å². The number of nitrogens with zero attached hydrogens (tertiary/aromatic N) is 1. The third-order valence-electron chi connectivity index (χ3n) is 3.03. The van der Waals surface area contributed by atoms with E-state index in [1.807, 2.05) is 19.2 Å². The van der Waals surface area contributed by atoms with Crippen molar-refractivity contribution in [1.29, 1.82) is 0 Å². The molecule has 14 heavy (non-hydrogen) atoms. The number of likely N-dealkylation sites (N-methyl/N-ethyl adjacent to an activating group) is 1. The van der Waals surface area contributed by atoms with Gasteiger partial charge in [-0.3, -0.25) is 0 Å². The van der Waals surface area contributed by atoms with Crippen LogP contribution in [0.15, 0.2) is 24.3 Å². The average Bonchev–Trinajstić information content (AvgIpc) is 2.48. The number of hydrogen-bond acceptors (Lipinski definition) is 2. The average molecular weight is 191 g/mol. The smallest absolute Gasteiger partial charge is 0.103 e. The summed E-state index contributed by atoms with van der Waals surface area (Å²) in [4.78, 5) is 2.17. The highest BCUT2D eigenvalue weighted by atomic mass is 16.3. The van der Waals surface area contributed by atoms with E-state index in [4.69, 9.17) is 0 Å². The van der Waals surface area contributed by atoms with E-state index in [1.54, 1.807) is 0 Å². The highest BCUT2D eigenvalue weighted by molar-refractivity contribution is 5.27. The Labute approximate surface area is 85.2 Å². The van der Waals surface area contributed by atoms with Gasteiger partial charge < -0.3 is 10.0 Å². The van der Waals surface area contributed by atoms with Crippen LogP contribution in [0.3, 0.4) is 0 Å². The molecule has 0 aromatic heterocycles. The van der Waals surface area contributed by atoms with Crippen molar-refractivity contribution in [2.24, 2.45) is 0 Å². The van der Waals surface area contributed by atoms with Crippen LogP contribution in [0.5, 0.6) is 0 Å². The summed E-state index contributed by atoms with van der Waals surface area (Å²) in [6.45, 7) is 3.79. The van der Waals surface area contributed by atoms with Gasteiger partial charge in [0.25, 0.3) is 0 Å². The van der Waals surface area contributed by atoms with E-state index in [1.165, 1.54) is 5.56 Å². The number of rotatable bonds is 1. The molecule has 1 aromatic rings. The van der Waals surface area contributed by atoms with Crippen molar-refractivity contribution < 1.29 is 5.11 Å². The van der Waals surface area contributed by atoms with Crippen molar-refractivity contribution in [3.05, 3.63) is 35.4 Å². The van der Waals surface area contributed by atoms with Gasteiger partial charge >= 0.3 is 0 Å². The number of β-amino-alcohol motifs (C(OH)–C–C–N with tert-alkyl or cyclic N) is 1. The van der Waals surface area contributed by atoms with Crippen molar-refractivity contribution in [1.82, 2.24) is 4.90 Å². The minimum atomic E-state index is -0.623. The molecule has 0 bridgehead atoms. The first-order chi connectivity index (χ1) is 6.60. The van der Waals surface area contributed by atoms with Gasteiger partial charge in [0.2, 0.25) is 0 Å². The Hall–Kier alpha value is -0.860. The van der Waals surface area contributed by atoms with Crippen LogP contribution in [0.2, 0.25) is 0 Å². The lowest BCUT2D eigenvalue weighted by Crippen LogP contribution is -2.29. The maximum atomic E-state index is 10.4. The summed E-state index contributed by atoms with van der Waals surface area (Å²) in [5.41, 5.74) is 1.67. The van der Waals surface area contributed by atoms with Gasteiger partial charge in [-0.25, -0.2) is 0 Å². The lowest BCUT2D eigenvalue weighted by Gasteiger charge is -2.23. The van der Waals surface area contributed by atoms with E-state index in [2.05, 4.69) is 24.0 Å². The van der Waals surface area contributed by atoms with Crippen molar-refractivity contribution in [2.75, 3.05) is 20.1 Å².